The van der Waals surface area contributed by atoms with Crippen LogP contribution in [-0.2, 0) is 16.9 Å². The Hall–Kier alpha value is -3.15. The number of hydrogen-bond donors (Lipinski definition) is 1. The summed E-state index contributed by atoms with van der Waals surface area (Å²) < 4.78 is 11.1. The van der Waals surface area contributed by atoms with Gasteiger partial charge in [-0.1, -0.05) is 54.6 Å². The summed E-state index contributed by atoms with van der Waals surface area (Å²) in [6.07, 6.45) is 1.28. The van der Waals surface area contributed by atoms with Crippen LogP contribution in [0.15, 0.2) is 72.8 Å². The number of esters is 1. The van der Waals surface area contributed by atoms with Gasteiger partial charge in [0.05, 0.1) is 24.3 Å². The zero-order valence-corrected chi connectivity index (χ0v) is 18.2. The standard InChI is InChI=1S/C27H27NO4/c1-31-26(29)19-11-12-24-23(17-19)25(22-10-6-5-7-20(22)18-32-24)28-15-13-27(30,14-16-28)21-8-3-2-4-9-21/h2-12,17,25,30H,13-16,18H2,1H3. The molecule has 32 heavy (non-hydrogen) atoms. The van der Waals surface area contributed by atoms with E-state index in [4.69, 9.17) is 9.47 Å². The monoisotopic (exact) mass is 429 g/mol. The average molecular weight is 430 g/mol. The minimum atomic E-state index is -0.824. The highest BCUT2D eigenvalue weighted by molar-refractivity contribution is 5.89. The molecule has 3 aromatic rings. The number of ether oxygens (including phenoxy) is 2. The Bertz CT molecular complexity index is 1120. The normalized spacial score (nSPS) is 19.8. The van der Waals surface area contributed by atoms with Gasteiger partial charge in [0.15, 0.2) is 0 Å². The molecule has 0 bridgehead atoms. The number of fused-ring (bicyclic) bond motifs is 2. The van der Waals surface area contributed by atoms with E-state index in [1.807, 2.05) is 54.6 Å². The molecule has 1 atom stereocenters. The number of methoxy groups -OCH3 is 1. The summed E-state index contributed by atoms with van der Waals surface area (Å²) in [6.45, 7) is 1.94. The molecule has 5 rings (SSSR count). The average Bonchev–Trinajstić information content (AvgIpc) is 3.01. The van der Waals surface area contributed by atoms with Gasteiger partial charge in [-0.15, -0.1) is 0 Å². The fourth-order valence-electron chi connectivity index (χ4n) is 4.98. The molecule has 1 saturated heterocycles. The van der Waals surface area contributed by atoms with Gasteiger partial charge in [-0.25, -0.2) is 4.79 Å². The first-order valence-electron chi connectivity index (χ1n) is 11.0. The number of aliphatic hydroxyl groups is 1. The van der Waals surface area contributed by atoms with Crippen LogP contribution in [0.2, 0.25) is 0 Å². The third kappa shape index (κ3) is 3.68. The van der Waals surface area contributed by atoms with Crippen LogP contribution in [0, 0.1) is 0 Å². The lowest BCUT2D eigenvalue weighted by Gasteiger charge is -2.42. The zero-order valence-electron chi connectivity index (χ0n) is 18.2. The van der Waals surface area contributed by atoms with Crippen molar-refractivity contribution < 1.29 is 19.4 Å². The molecule has 1 unspecified atom stereocenters. The van der Waals surface area contributed by atoms with Crippen molar-refractivity contribution in [3.8, 4) is 5.75 Å². The van der Waals surface area contributed by atoms with E-state index >= 15 is 0 Å². The summed E-state index contributed by atoms with van der Waals surface area (Å²) in [6, 6.07) is 23.7. The molecule has 0 aromatic heterocycles. The molecular formula is C27H27NO4. The van der Waals surface area contributed by atoms with Crippen molar-refractivity contribution in [3.63, 3.8) is 0 Å². The first-order chi connectivity index (χ1) is 15.6. The van der Waals surface area contributed by atoms with Gasteiger partial charge in [0.25, 0.3) is 0 Å². The molecule has 164 valence electrons. The van der Waals surface area contributed by atoms with E-state index in [1.54, 1.807) is 6.07 Å². The lowest BCUT2D eigenvalue weighted by molar-refractivity contribution is -0.0325. The summed E-state index contributed by atoms with van der Waals surface area (Å²) in [5.74, 6) is 0.420. The quantitative estimate of drug-likeness (QED) is 0.624. The highest BCUT2D eigenvalue weighted by atomic mass is 16.5. The van der Waals surface area contributed by atoms with Crippen LogP contribution in [-0.4, -0.2) is 36.2 Å². The Labute approximate surface area is 188 Å². The highest BCUT2D eigenvalue weighted by Crippen LogP contribution is 2.43. The minimum absolute atomic E-state index is 0.0615. The molecular weight excluding hydrogens is 402 g/mol. The van der Waals surface area contributed by atoms with E-state index in [1.165, 1.54) is 12.7 Å². The van der Waals surface area contributed by atoms with Gasteiger partial charge in [0.2, 0.25) is 0 Å². The summed E-state index contributed by atoms with van der Waals surface area (Å²) >= 11 is 0. The Kier molecular flexibility index (Phi) is 5.45. The van der Waals surface area contributed by atoms with E-state index in [-0.39, 0.29) is 12.0 Å². The van der Waals surface area contributed by atoms with Crippen LogP contribution in [0.4, 0.5) is 0 Å². The Morgan fingerprint density at radius 3 is 2.47 bits per heavy atom. The number of carbonyl (C=O) groups excluding carboxylic acids is 1. The molecule has 2 aliphatic rings. The fourth-order valence-corrected chi connectivity index (χ4v) is 4.98. The molecule has 0 saturated carbocycles. The zero-order chi connectivity index (χ0) is 22.1. The van der Waals surface area contributed by atoms with Gasteiger partial charge in [0, 0.05) is 18.7 Å². The first kappa shape index (κ1) is 20.7. The lowest BCUT2D eigenvalue weighted by Crippen LogP contribution is -2.44. The maximum Gasteiger partial charge on any atom is 0.337 e. The first-order valence-corrected chi connectivity index (χ1v) is 11.0. The Morgan fingerprint density at radius 1 is 1.00 bits per heavy atom. The Balaban J connectivity index is 1.53. The van der Waals surface area contributed by atoms with E-state index in [0.717, 1.165) is 35.5 Å². The molecule has 0 aliphatic carbocycles. The van der Waals surface area contributed by atoms with Gasteiger partial charge in [-0.2, -0.15) is 0 Å². The molecule has 2 heterocycles. The number of benzene rings is 3. The molecule has 0 spiro atoms. The second-order valence-corrected chi connectivity index (χ2v) is 8.57. The molecule has 1 fully saturated rings. The number of piperidine rings is 1. The number of nitrogens with zero attached hydrogens (tertiary/aromatic N) is 1. The van der Waals surface area contributed by atoms with Gasteiger partial charge in [0.1, 0.15) is 12.4 Å². The van der Waals surface area contributed by atoms with Crippen molar-refractivity contribution in [2.24, 2.45) is 0 Å². The summed E-state index contributed by atoms with van der Waals surface area (Å²) in [4.78, 5) is 14.6. The third-order valence-corrected chi connectivity index (χ3v) is 6.76. The van der Waals surface area contributed by atoms with E-state index in [2.05, 4.69) is 17.0 Å². The van der Waals surface area contributed by atoms with Crippen LogP contribution in [0.25, 0.3) is 0 Å². The minimum Gasteiger partial charge on any atom is -0.489 e. The van der Waals surface area contributed by atoms with Crippen LogP contribution in [0.5, 0.6) is 5.75 Å². The van der Waals surface area contributed by atoms with Crippen LogP contribution >= 0.6 is 0 Å². The van der Waals surface area contributed by atoms with Gasteiger partial charge >= 0.3 is 5.97 Å². The molecule has 3 aromatic carbocycles. The number of hydrogen-bond acceptors (Lipinski definition) is 5. The van der Waals surface area contributed by atoms with Crippen molar-refractivity contribution in [1.82, 2.24) is 4.90 Å². The second-order valence-electron chi connectivity index (χ2n) is 8.57. The fraction of sp³-hybridized carbons (Fsp3) is 0.296. The maximum atomic E-state index is 12.2. The summed E-state index contributed by atoms with van der Waals surface area (Å²) in [7, 11) is 1.40. The van der Waals surface area contributed by atoms with Gasteiger partial charge in [-0.3, -0.25) is 4.90 Å². The van der Waals surface area contributed by atoms with E-state index in [0.29, 0.717) is 25.0 Å². The molecule has 1 N–H and O–H groups in total. The van der Waals surface area contributed by atoms with Crippen molar-refractivity contribution in [1.29, 1.82) is 0 Å². The van der Waals surface area contributed by atoms with Crippen molar-refractivity contribution in [3.05, 3.63) is 101 Å². The third-order valence-electron chi connectivity index (χ3n) is 6.76. The smallest absolute Gasteiger partial charge is 0.337 e. The van der Waals surface area contributed by atoms with Gasteiger partial charge in [-0.05, 0) is 47.7 Å². The molecule has 5 nitrogen and oxygen atoms in total. The molecule has 0 amide bonds. The maximum absolute atomic E-state index is 12.2. The predicted octanol–water partition coefficient (Wildman–Crippen LogP) is 4.44. The predicted molar refractivity (Wildman–Crippen MR) is 122 cm³/mol. The van der Waals surface area contributed by atoms with Crippen LogP contribution in [0.1, 0.15) is 51.5 Å². The highest BCUT2D eigenvalue weighted by Gasteiger charge is 2.38. The lowest BCUT2D eigenvalue weighted by atomic mass is 9.82. The number of likely N-dealkylation sites (tertiary alicyclic amines) is 1. The molecule has 0 radical (unpaired) electrons. The second kappa shape index (κ2) is 8.41. The van der Waals surface area contributed by atoms with E-state index < -0.39 is 5.60 Å². The van der Waals surface area contributed by atoms with Crippen molar-refractivity contribution in [2.45, 2.75) is 31.1 Å². The molecule has 2 aliphatic heterocycles. The Morgan fingerprint density at radius 2 is 1.72 bits per heavy atom. The summed E-state index contributed by atoms with van der Waals surface area (Å²) in [5, 5.41) is 11.3. The van der Waals surface area contributed by atoms with Crippen molar-refractivity contribution >= 4 is 5.97 Å². The topological polar surface area (TPSA) is 59.0 Å². The number of carbonyl (C=O) groups is 1. The van der Waals surface area contributed by atoms with Crippen molar-refractivity contribution in [2.75, 3.05) is 20.2 Å². The van der Waals surface area contributed by atoms with Crippen LogP contribution < -0.4 is 4.74 Å². The molecule has 5 heteroatoms. The largest absolute Gasteiger partial charge is 0.489 e. The van der Waals surface area contributed by atoms with E-state index in [9.17, 15) is 9.90 Å². The van der Waals surface area contributed by atoms with Gasteiger partial charge < -0.3 is 14.6 Å². The number of rotatable bonds is 3. The summed E-state index contributed by atoms with van der Waals surface area (Å²) in [5.41, 5.74) is 3.93. The van der Waals surface area contributed by atoms with Crippen LogP contribution in [0.3, 0.4) is 0 Å². The SMILES string of the molecule is COC(=O)c1ccc2c(c1)C(N1CCC(O)(c3ccccc3)CC1)c1ccccc1CO2.